The van der Waals surface area contributed by atoms with Crippen molar-refractivity contribution < 1.29 is 9.47 Å². The van der Waals surface area contributed by atoms with Crippen LogP contribution in [0.15, 0.2) is 16.6 Å². The lowest BCUT2D eigenvalue weighted by atomic mass is 10.1. The zero-order chi connectivity index (χ0) is 15.2. The summed E-state index contributed by atoms with van der Waals surface area (Å²) in [6, 6.07) is 4.17. The molecular formula is C16H25BrN2O2. The van der Waals surface area contributed by atoms with Crippen LogP contribution in [0.1, 0.15) is 18.1 Å². The van der Waals surface area contributed by atoms with Gasteiger partial charge in [0.1, 0.15) is 18.5 Å². The maximum absolute atomic E-state index is 6.08. The maximum Gasteiger partial charge on any atom is 0.125 e. The van der Waals surface area contributed by atoms with Crippen molar-refractivity contribution in [1.82, 2.24) is 4.90 Å². The summed E-state index contributed by atoms with van der Waals surface area (Å²) in [5, 5.41) is 0. The lowest BCUT2D eigenvalue weighted by Gasteiger charge is -2.32. The van der Waals surface area contributed by atoms with Crippen LogP contribution in [0.4, 0.5) is 0 Å². The van der Waals surface area contributed by atoms with Gasteiger partial charge in [-0.3, -0.25) is 4.90 Å². The summed E-state index contributed by atoms with van der Waals surface area (Å²) in [6.07, 6.45) is 0.967. The van der Waals surface area contributed by atoms with Crippen LogP contribution >= 0.6 is 15.9 Å². The quantitative estimate of drug-likeness (QED) is 0.849. The Bertz CT molecular complexity index is 468. The van der Waals surface area contributed by atoms with E-state index in [1.807, 2.05) is 0 Å². The number of rotatable bonds is 6. The average Bonchev–Trinajstić information content (AvgIpc) is 2.47. The second-order valence-corrected chi connectivity index (χ2v) is 6.36. The van der Waals surface area contributed by atoms with E-state index in [2.05, 4.69) is 46.8 Å². The highest BCUT2D eigenvalue weighted by atomic mass is 79.9. The zero-order valence-electron chi connectivity index (χ0n) is 12.9. The first kappa shape index (κ1) is 16.7. The molecule has 1 unspecified atom stereocenters. The van der Waals surface area contributed by atoms with Crippen LogP contribution in [0.25, 0.3) is 0 Å². The number of halogens is 1. The fraction of sp³-hybridized carbons (Fsp3) is 0.625. The smallest absolute Gasteiger partial charge is 0.125 e. The molecule has 21 heavy (non-hydrogen) atoms. The van der Waals surface area contributed by atoms with Crippen LogP contribution in [0, 0.1) is 6.92 Å². The van der Waals surface area contributed by atoms with Crippen molar-refractivity contribution in [3.05, 3.63) is 27.7 Å². The number of nitrogens with two attached hydrogens (primary N) is 1. The molecule has 5 heteroatoms. The van der Waals surface area contributed by atoms with Crippen LogP contribution in [-0.4, -0.2) is 50.4 Å². The van der Waals surface area contributed by atoms with E-state index in [1.165, 1.54) is 0 Å². The molecule has 1 aromatic carbocycles. The molecule has 1 aromatic rings. The van der Waals surface area contributed by atoms with Gasteiger partial charge in [-0.2, -0.15) is 0 Å². The summed E-state index contributed by atoms with van der Waals surface area (Å²) in [4.78, 5) is 2.40. The molecule has 0 radical (unpaired) electrons. The van der Waals surface area contributed by atoms with Gasteiger partial charge in [-0.05, 0) is 49.7 Å². The molecule has 1 heterocycles. The molecular weight excluding hydrogens is 332 g/mol. The van der Waals surface area contributed by atoms with Gasteiger partial charge in [-0.25, -0.2) is 0 Å². The van der Waals surface area contributed by atoms with Crippen LogP contribution < -0.4 is 10.5 Å². The summed E-state index contributed by atoms with van der Waals surface area (Å²) in [5.41, 5.74) is 8.00. The number of nitrogens with zero attached hydrogens (tertiary/aromatic N) is 1. The van der Waals surface area contributed by atoms with Gasteiger partial charge in [0.25, 0.3) is 0 Å². The Hall–Kier alpha value is -0.620. The number of benzene rings is 1. The molecule has 0 bridgehead atoms. The highest BCUT2D eigenvalue weighted by molar-refractivity contribution is 9.10. The van der Waals surface area contributed by atoms with Gasteiger partial charge in [0.15, 0.2) is 0 Å². The highest BCUT2D eigenvalue weighted by Crippen LogP contribution is 2.28. The van der Waals surface area contributed by atoms with Gasteiger partial charge in [-0.1, -0.05) is 22.9 Å². The molecule has 0 spiro atoms. The van der Waals surface area contributed by atoms with E-state index < -0.39 is 0 Å². The molecule has 1 saturated heterocycles. The predicted octanol–water partition coefficient (Wildman–Crippen LogP) is 2.36. The molecule has 1 fully saturated rings. The third-order valence-electron chi connectivity index (χ3n) is 3.81. The molecule has 1 aliphatic rings. The first-order chi connectivity index (χ1) is 10.1. The van der Waals surface area contributed by atoms with Crippen LogP contribution in [0.2, 0.25) is 0 Å². The van der Waals surface area contributed by atoms with E-state index in [-0.39, 0.29) is 6.10 Å². The van der Waals surface area contributed by atoms with Crippen LogP contribution in [0.5, 0.6) is 5.75 Å². The lowest BCUT2D eigenvalue weighted by molar-refractivity contribution is -0.0466. The fourth-order valence-electron chi connectivity index (χ4n) is 2.69. The minimum absolute atomic E-state index is 0.146. The molecule has 0 amide bonds. The molecule has 118 valence electrons. The van der Waals surface area contributed by atoms with Gasteiger partial charge in [0.05, 0.1) is 6.61 Å². The van der Waals surface area contributed by atoms with Crippen LogP contribution in [-0.2, 0) is 11.2 Å². The largest absolute Gasteiger partial charge is 0.490 e. The summed E-state index contributed by atoms with van der Waals surface area (Å²) in [6.45, 7) is 9.28. The first-order valence-electron chi connectivity index (χ1n) is 7.59. The Labute approximate surface area is 135 Å². The molecule has 4 nitrogen and oxygen atoms in total. The average molecular weight is 357 g/mol. The molecule has 1 aliphatic heterocycles. The lowest BCUT2D eigenvalue weighted by Crippen LogP contribution is -2.44. The van der Waals surface area contributed by atoms with Crippen molar-refractivity contribution in [3.8, 4) is 5.75 Å². The Balaban J connectivity index is 2.02. The van der Waals surface area contributed by atoms with Crippen molar-refractivity contribution in [2.45, 2.75) is 26.4 Å². The first-order valence-corrected chi connectivity index (χ1v) is 8.39. The number of morpholine rings is 1. The van der Waals surface area contributed by atoms with Crippen LogP contribution in [0.3, 0.4) is 0 Å². The molecule has 0 aromatic heterocycles. The Morgan fingerprint density at radius 3 is 3.00 bits per heavy atom. The fourth-order valence-corrected chi connectivity index (χ4v) is 3.31. The number of hydrogen-bond donors (Lipinski definition) is 1. The molecule has 0 saturated carbocycles. The number of aryl methyl sites for hydroxylation is 1. The minimum Gasteiger partial charge on any atom is -0.490 e. The van der Waals surface area contributed by atoms with E-state index in [9.17, 15) is 0 Å². The van der Waals surface area contributed by atoms with E-state index in [0.717, 1.165) is 54.0 Å². The van der Waals surface area contributed by atoms with E-state index in [0.29, 0.717) is 13.2 Å². The second-order valence-electron chi connectivity index (χ2n) is 5.45. The van der Waals surface area contributed by atoms with E-state index in [4.69, 9.17) is 15.2 Å². The summed E-state index contributed by atoms with van der Waals surface area (Å²) in [5.74, 6) is 0.959. The van der Waals surface area contributed by atoms with Gasteiger partial charge in [-0.15, -0.1) is 0 Å². The molecule has 2 rings (SSSR count). The molecule has 1 atom stereocenters. The van der Waals surface area contributed by atoms with Gasteiger partial charge in [0, 0.05) is 17.6 Å². The van der Waals surface area contributed by atoms with Gasteiger partial charge in [0.2, 0.25) is 0 Å². The summed E-state index contributed by atoms with van der Waals surface area (Å²) in [7, 11) is 0. The standard InChI is InChI=1S/C16H25BrN2O2/c1-3-19-6-7-20-15(10-19)11-21-16-12(2)8-14(17)9-13(16)4-5-18/h8-9,15H,3-7,10-11,18H2,1-2H3. The number of hydrogen-bond acceptors (Lipinski definition) is 4. The summed E-state index contributed by atoms with van der Waals surface area (Å²) < 4.78 is 12.9. The predicted molar refractivity (Wildman–Crippen MR) is 89.0 cm³/mol. The topological polar surface area (TPSA) is 47.7 Å². The Morgan fingerprint density at radius 1 is 1.48 bits per heavy atom. The monoisotopic (exact) mass is 356 g/mol. The normalized spacial score (nSPS) is 19.7. The minimum atomic E-state index is 0.146. The van der Waals surface area contributed by atoms with Crippen molar-refractivity contribution in [1.29, 1.82) is 0 Å². The Kier molecular flexibility index (Phi) is 6.48. The van der Waals surface area contributed by atoms with Crippen molar-refractivity contribution in [2.75, 3.05) is 39.4 Å². The number of ether oxygens (including phenoxy) is 2. The Morgan fingerprint density at radius 2 is 2.29 bits per heavy atom. The van der Waals surface area contributed by atoms with Crippen molar-refractivity contribution in [3.63, 3.8) is 0 Å². The second kappa shape index (κ2) is 8.13. The molecule has 2 N–H and O–H groups in total. The van der Waals surface area contributed by atoms with Gasteiger partial charge < -0.3 is 15.2 Å². The molecule has 0 aliphatic carbocycles. The zero-order valence-corrected chi connectivity index (χ0v) is 14.5. The summed E-state index contributed by atoms with van der Waals surface area (Å²) >= 11 is 3.53. The van der Waals surface area contributed by atoms with Gasteiger partial charge >= 0.3 is 0 Å². The third kappa shape index (κ3) is 4.68. The number of likely N-dealkylation sites (N-methyl/N-ethyl adjacent to an activating group) is 1. The third-order valence-corrected chi connectivity index (χ3v) is 4.27. The highest BCUT2D eigenvalue weighted by Gasteiger charge is 2.20. The van der Waals surface area contributed by atoms with Crippen molar-refractivity contribution >= 4 is 15.9 Å². The SMILES string of the molecule is CCN1CCOC(COc2c(C)cc(Br)cc2CCN)C1. The van der Waals surface area contributed by atoms with E-state index in [1.54, 1.807) is 0 Å². The maximum atomic E-state index is 6.08. The van der Waals surface area contributed by atoms with E-state index >= 15 is 0 Å². The van der Waals surface area contributed by atoms with Crippen molar-refractivity contribution in [2.24, 2.45) is 5.73 Å².